The van der Waals surface area contributed by atoms with Crippen LogP contribution in [0.3, 0.4) is 0 Å². The summed E-state index contributed by atoms with van der Waals surface area (Å²) in [5, 5.41) is 3.31. The summed E-state index contributed by atoms with van der Waals surface area (Å²) < 4.78 is 0. The molecule has 4 N–H and O–H groups in total. The fourth-order valence-electron chi connectivity index (χ4n) is 1.33. The Balaban J connectivity index is 2.31. The van der Waals surface area contributed by atoms with Crippen molar-refractivity contribution >= 4 is 17.7 Å². The highest BCUT2D eigenvalue weighted by Crippen LogP contribution is 2.16. The third-order valence-corrected chi connectivity index (χ3v) is 3.06. The number of nitrogens with zero attached hydrogens (tertiary/aromatic N) is 1. The van der Waals surface area contributed by atoms with Gasteiger partial charge in [-0.25, -0.2) is 5.84 Å². The van der Waals surface area contributed by atoms with Gasteiger partial charge >= 0.3 is 0 Å². The molecule has 0 bridgehead atoms. The Bertz CT molecular complexity index is 166. The number of aliphatic imine (C=N–C) groups is 1. The first-order valence-electron chi connectivity index (χ1n) is 4.72. The molecule has 4 nitrogen and oxygen atoms in total. The molecule has 1 rings (SSSR count). The highest BCUT2D eigenvalue weighted by atomic mass is 32.2. The smallest absolute Gasteiger partial charge is 0.205 e. The van der Waals surface area contributed by atoms with Gasteiger partial charge in [-0.15, -0.1) is 0 Å². The minimum absolute atomic E-state index is 0.544. The lowest BCUT2D eigenvalue weighted by Gasteiger charge is -2.23. The van der Waals surface area contributed by atoms with Crippen molar-refractivity contribution in [3.05, 3.63) is 0 Å². The molecule has 5 heteroatoms. The average molecular weight is 202 g/mol. The molecule has 0 saturated carbocycles. The molecule has 0 aromatic rings. The van der Waals surface area contributed by atoms with E-state index in [2.05, 4.69) is 15.7 Å². The van der Waals surface area contributed by atoms with Gasteiger partial charge in [0, 0.05) is 12.6 Å². The number of guanidine groups is 1. The maximum atomic E-state index is 5.33. The number of hydrogen-bond donors (Lipinski definition) is 3. The van der Waals surface area contributed by atoms with E-state index in [1.807, 2.05) is 18.7 Å². The fraction of sp³-hybridized carbons (Fsp3) is 0.875. The highest BCUT2D eigenvalue weighted by molar-refractivity contribution is 7.99. The number of nitrogens with one attached hydrogen (secondary N) is 2. The van der Waals surface area contributed by atoms with E-state index in [4.69, 9.17) is 5.84 Å². The second-order valence-electron chi connectivity index (χ2n) is 3.00. The fourth-order valence-corrected chi connectivity index (χ4v) is 2.43. The van der Waals surface area contributed by atoms with Gasteiger partial charge in [-0.3, -0.25) is 10.4 Å². The lowest BCUT2D eigenvalue weighted by Crippen LogP contribution is -2.47. The van der Waals surface area contributed by atoms with Crippen molar-refractivity contribution in [1.29, 1.82) is 0 Å². The standard InChI is InChI=1S/C8H18N4S/c1-2-10-8(12-9)11-7-3-5-13-6-4-7/h7H,2-6,9H2,1H3,(H2,10,11,12). The molecule has 0 atom stereocenters. The van der Waals surface area contributed by atoms with E-state index < -0.39 is 0 Å². The number of nitrogens with two attached hydrogens (primary N) is 1. The van der Waals surface area contributed by atoms with E-state index in [1.54, 1.807) is 0 Å². The van der Waals surface area contributed by atoms with Crippen LogP contribution in [0.4, 0.5) is 0 Å². The molecule has 0 radical (unpaired) electrons. The minimum Gasteiger partial charge on any atom is -0.353 e. The summed E-state index contributed by atoms with van der Waals surface area (Å²) in [6.45, 7) is 2.75. The Morgan fingerprint density at radius 1 is 1.54 bits per heavy atom. The van der Waals surface area contributed by atoms with E-state index in [1.165, 1.54) is 24.3 Å². The van der Waals surface area contributed by atoms with Crippen LogP contribution in [0, 0.1) is 0 Å². The zero-order chi connectivity index (χ0) is 9.52. The Hall–Kier alpha value is -0.420. The Morgan fingerprint density at radius 3 is 2.77 bits per heavy atom. The van der Waals surface area contributed by atoms with Crippen LogP contribution in [-0.2, 0) is 0 Å². The molecule has 0 spiro atoms. The van der Waals surface area contributed by atoms with Gasteiger partial charge in [0.05, 0.1) is 0 Å². The number of thioether (sulfide) groups is 1. The van der Waals surface area contributed by atoms with Crippen molar-refractivity contribution in [2.24, 2.45) is 10.8 Å². The van der Waals surface area contributed by atoms with Crippen molar-refractivity contribution in [1.82, 2.24) is 10.7 Å². The molecular formula is C8H18N4S. The lowest BCUT2D eigenvalue weighted by atomic mass is 10.2. The van der Waals surface area contributed by atoms with Crippen molar-refractivity contribution in [3.8, 4) is 0 Å². The van der Waals surface area contributed by atoms with Crippen molar-refractivity contribution in [2.45, 2.75) is 25.8 Å². The van der Waals surface area contributed by atoms with Crippen LogP contribution in [0.25, 0.3) is 0 Å². The van der Waals surface area contributed by atoms with Gasteiger partial charge in [0.25, 0.3) is 0 Å². The summed E-state index contributed by atoms with van der Waals surface area (Å²) in [5.74, 6) is 8.52. The molecule has 1 aliphatic rings. The van der Waals surface area contributed by atoms with E-state index in [0.717, 1.165) is 12.5 Å². The van der Waals surface area contributed by atoms with E-state index >= 15 is 0 Å². The van der Waals surface area contributed by atoms with E-state index in [0.29, 0.717) is 6.04 Å². The molecule has 13 heavy (non-hydrogen) atoms. The van der Waals surface area contributed by atoms with Gasteiger partial charge < -0.3 is 5.32 Å². The van der Waals surface area contributed by atoms with Gasteiger partial charge in [-0.1, -0.05) is 0 Å². The third kappa shape index (κ3) is 3.87. The van der Waals surface area contributed by atoms with Crippen LogP contribution in [0.15, 0.2) is 4.99 Å². The van der Waals surface area contributed by atoms with Gasteiger partial charge in [-0.2, -0.15) is 11.8 Å². The summed E-state index contributed by atoms with van der Waals surface area (Å²) in [7, 11) is 0. The van der Waals surface area contributed by atoms with Crippen molar-refractivity contribution in [2.75, 3.05) is 18.1 Å². The summed E-state index contributed by atoms with van der Waals surface area (Å²) in [4.78, 5) is 4.20. The summed E-state index contributed by atoms with van der Waals surface area (Å²) in [6, 6.07) is 0.544. The van der Waals surface area contributed by atoms with Gasteiger partial charge in [0.2, 0.25) is 5.96 Å². The quantitative estimate of drug-likeness (QED) is 0.261. The maximum Gasteiger partial charge on any atom is 0.205 e. The van der Waals surface area contributed by atoms with Crippen LogP contribution in [0.1, 0.15) is 19.8 Å². The topological polar surface area (TPSA) is 62.4 Å². The van der Waals surface area contributed by atoms with Gasteiger partial charge in [0.15, 0.2) is 0 Å². The molecule has 1 fully saturated rings. The first kappa shape index (κ1) is 10.7. The SMILES string of the molecule is CCN=C(NN)NC1CCSCC1. The normalized spacial score (nSPS) is 20.0. The summed E-state index contributed by atoms with van der Waals surface area (Å²) in [5.41, 5.74) is 2.58. The minimum atomic E-state index is 0.544. The van der Waals surface area contributed by atoms with Crippen molar-refractivity contribution < 1.29 is 0 Å². The second kappa shape index (κ2) is 6.10. The molecule has 0 amide bonds. The molecule has 0 aliphatic carbocycles. The zero-order valence-electron chi connectivity index (χ0n) is 8.05. The predicted octanol–water partition coefficient (Wildman–Crippen LogP) is 0.311. The van der Waals surface area contributed by atoms with Gasteiger partial charge in [0.1, 0.15) is 0 Å². The second-order valence-corrected chi connectivity index (χ2v) is 4.22. The molecular weight excluding hydrogens is 184 g/mol. The molecule has 0 aromatic heterocycles. The zero-order valence-corrected chi connectivity index (χ0v) is 8.86. The van der Waals surface area contributed by atoms with Crippen LogP contribution in [-0.4, -0.2) is 30.1 Å². The van der Waals surface area contributed by atoms with E-state index in [-0.39, 0.29) is 0 Å². The highest BCUT2D eigenvalue weighted by Gasteiger charge is 2.13. The van der Waals surface area contributed by atoms with E-state index in [9.17, 15) is 0 Å². The van der Waals surface area contributed by atoms with Gasteiger partial charge in [-0.05, 0) is 31.3 Å². The Labute approximate surface area is 83.7 Å². The monoisotopic (exact) mass is 202 g/mol. The van der Waals surface area contributed by atoms with Crippen LogP contribution in [0.2, 0.25) is 0 Å². The third-order valence-electron chi connectivity index (χ3n) is 2.02. The Kier molecular flexibility index (Phi) is 5.00. The number of rotatable bonds is 2. The molecule has 1 saturated heterocycles. The molecule has 0 aromatic carbocycles. The summed E-state index contributed by atoms with van der Waals surface area (Å²) in [6.07, 6.45) is 2.41. The first-order valence-corrected chi connectivity index (χ1v) is 5.87. The number of hydrazine groups is 1. The molecule has 76 valence electrons. The molecule has 1 heterocycles. The maximum absolute atomic E-state index is 5.33. The Morgan fingerprint density at radius 2 is 2.23 bits per heavy atom. The molecule has 0 unspecified atom stereocenters. The predicted molar refractivity (Wildman–Crippen MR) is 58.8 cm³/mol. The van der Waals surface area contributed by atoms with Crippen molar-refractivity contribution in [3.63, 3.8) is 0 Å². The average Bonchev–Trinajstić information content (AvgIpc) is 2.19. The molecule has 1 aliphatic heterocycles. The van der Waals surface area contributed by atoms with Crippen LogP contribution in [0.5, 0.6) is 0 Å². The first-order chi connectivity index (χ1) is 6.36. The van der Waals surface area contributed by atoms with Crippen LogP contribution < -0.4 is 16.6 Å². The van der Waals surface area contributed by atoms with Crippen LogP contribution >= 0.6 is 11.8 Å². The lowest BCUT2D eigenvalue weighted by molar-refractivity contribution is 0.556. The largest absolute Gasteiger partial charge is 0.353 e. The number of hydrogen-bond acceptors (Lipinski definition) is 3. The summed E-state index contributed by atoms with van der Waals surface area (Å²) >= 11 is 2.02.